The molecule has 2 aliphatic rings. The van der Waals surface area contributed by atoms with Gasteiger partial charge in [-0.15, -0.1) is 24.0 Å². The molecule has 0 amide bonds. The fourth-order valence-electron chi connectivity index (χ4n) is 4.05. The Balaban J connectivity index is 0.00000300. The van der Waals surface area contributed by atoms with Crippen molar-refractivity contribution in [3.63, 3.8) is 0 Å². The highest BCUT2D eigenvalue weighted by Gasteiger charge is 2.33. The van der Waals surface area contributed by atoms with Gasteiger partial charge in [0.15, 0.2) is 17.5 Å². The van der Waals surface area contributed by atoms with Gasteiger partial charge in [0.1, 0.15) is 0 Å². The molecule has 2 N–H and O–H groups in total. The molecular weight excluding hydrogens is 481 g/mol. The Labute approximate surface area is 192 Å². The molecular formula is C22H36IN3O3. The van der Waals surface area contributed by atoms with Crippen LogP contribution in [0.25, 0.3) is 0 Å². The Kier molecular flexibility index (Phi) is 10.3. The number of nitrogens with one attached hydrogen (secondary N) is 2. The maximum atomic E-state index is 5.79. The van der Waals surface area contributed by atoms with Crippen LogP contribution >= 0.6 is 24.0 Å². The highest BCUT2D eigenvalue weighted by atomic mass is 127. The highest BCUT2D eigenvalue weighted by Crippen LogP contribution is 2.40. The molecule has 1 fully saturated rings. The van der Waals surface area contributed by atoms with Gasteiger partial charge in [0.2, 0.25) is 0 Å². The maximum absolute atomic E-state index is 5.79. The molecule has 6 nitrogen and oxygen atoms in total. The Hall–Kier alpha value is -1.22. The quantitative estimate of drug-likeness (QED) is 0.309. The van der Waals surface area contributed by atoms with E-state index in [9.17, 15) is 0 Å². The molecule has 7 heteroatoms. The number of fused-ring (bicyclic) bond motifs is 1. The van der Waals surface area contributed by atoms with Gasteiger partial charge in [-0.1, -0.05) is 18.9 Å². The van der Waals surface area contributed by atoms with Gasteiger partial charge < -0.3 is 24.8 Å². The van der Waals surface area contributed by atoms with Gasteiger partial charge in [0, 0.05) is 33.2 Å². The molecule has 0 atom stereocenters. The van der Waals surface area contributed by atoms with Crippen molar-refractivity contribution in [3.05, 3.63) is 23.8 Å². The van der Waals surface area contributed by atoms with Gasteiger partial charge in [-0.25, -0.2) is 4.99 Å². The summed E-state index contributed by atoms with van der Waals surface area (Å²) in [6, 6.07) is 6.10. The zero-order valence-electron chi connectivity index (χ0n) is 17.8. The minimum absolute atomic E-state index is 0. The van der Waals surface area contributed by atoms with Gasteiger partial charge in [0.25, 0.3) is 0 Å². The Morgan fingerprint density at radius 2 is 1.86 bits per heavy atom. The molecule has 3 rings (SSSR count). The van der Waals surface area contributed by atoms with E-state index in [1.165, 1.54) is 25.7 Å². The topological polar surface area (TPSA) is 64.1 Å². The average molecular weight is 517 g/mol. The summed E-state index contributed by atoms with van der Waals surface area (Å²) >= 11 is 0. The summed E-state index contributed by atoms with van der Waals surface area (Å²) in [5.41, 5.74) is 1.46. The summed E-state index contributed by atoms with van der Waals surface area (Å²) < 4.78 is 16.9. The van der Waals surface area contributed by atoms with Crippen LogP contribution in [0.3, 0.4) is 0 Å². The van der Waals surface area contributed by atoms with Gasteiger partial charge >= 0.3 is 0 Å². The summed E-state index contributed by atoms with van der Waals surface area (Å²) in [6.45, 7) is 6.74. The number of rotatable bonds is 8. The van der Waals surface area contributed by atoms with E-state index < -0.39 is 0 Å². The third-order valence-electron chi connectivity index (χ3n) is 5.71. The number of nitrogens with zero attached hydrogens (tertiary/aromatic N) is 1. The lowest BCUT2D eigenvalue weighted by Crippen LogP contribution is -2.43. The van der Waals surface area contributed by atoms with Gasteiger partial charge in [-0.2, -0.15) is 0 Å². The second-order valence-corrected chi connectivity index (χ2v) is 7.83. The summed E-state index contributed by atoms with van der Waals surface area (Å²) in [6.07, 6.45) is 7.20. The van der Waals surface area contributed by atoms with Gasteiger partial charge in [-0.05, 0) is 49.3 Å². The monoisotopic (exact) mass is 517 g/mol. The molecule has 0 spiro atoms. The molecule has 0 unspecified atom stereocenters. The molecule has 0 radical (unpaired) electrons. The van der Waals surface area contributed by atoms with E-state index >= 15 is 0 Å². The largest absolute Gasteiger partial charge is 0.490 e. The number of ether oxygens (including phenoxy) is 3. The lowest BCUT2D eigenvalue weighted by Gasteiger charge is -2.30. The minimum atomic E-state index is 0. The van der Waals surface area contributed by atoms with Crippen molar-refractivity contribution in [1.82, 2.24) is 10.6 Å². The van der Waals surface area contributed by atoms with Crippen LogP contribution in [-0.2, 0) is 11.3 Å². The molecule has 1 heterocycles. The number of guanidine groups is 1. The van der Waals surface area contributed by atoms with Crippen molar-refractivity contribution in [2.24, 2.45) is 10.4 Å². The Morgan fingerprint density at radius 1 is 1.10 bits per heavy atom. The van der Waals surface area contributed by atoms with Crippen LogP contribution in [0.4, 0.5) is 0 Å². The van der Waals surface area contributed by atoms with Crippen LogP contribution in [0.2, 0.25) is 0 Å². The maximum Gasteiger partial charge on any atom is 0.191 e. The Bertz CT molecular complexity index is 648. The molecule has 1 aromatic rings. The summed E-state index contributed by atoms with van der Waals surface area (Å²) in [7, 11) is 1.79. The minimum Gasteiger partial charge on any atom is -0.490 e. The normalized spacial score (nSPS) is 17.9. The highest BCUT2D eigenvalue weighted by molar-refractivity contribution is 14.0. The molecule has 1 aliphatic heterocycles. The summed E-state index contributed by atoms with van der Waals surface area (Å²) in [4.78, 5) is 4.80. The van der Waals surface area contributed by atoms with Crippen LogP contribution in [0, 0.1) is 5.41 Å². The van der Waals surface area contributed by atoms with Crippen molar-refractivity contribution in [2.45, 2.75) is 52.0 Å². The van der Waals surface area contributed by atoms with Crippen LogP contribution in [0.15, 0.2) is 23.2 Å². The Morgan fingerprint density at radius 3 is 2.59 bits per heavy atom. The van der Waals surface area contributed by atoms with Crippen molar-refractivity contribution in [3.8, 4) is 11.5 Å². The first-order valence-corrected chi connectivity index (χ1v) is 10.6. The van der Waals surface area contributed by atoms with Crippen molar-refractivity contribution >= 4 is 29.9 Å². The van der Waals surface area contributed by atoms with E-state index in [1.54, 1.807) is 7.11 Å². The summed E-state index contributed by atoms with van der Waals surface area (Å²) in [5, 5.41) is 6.96. The van der Waals surface area contributed by atoms with Crippen LogP contribution in [0.5, 0.6) is 11.5 Å². The van der Waals surface area contributed by atoms with E-state index in [0.717, 1.165) is 55.6 Å². The predicted octanol–water partition coefficient (Wildman–Crippen LogP) is 4.12. The number of hydrogen-bond donors (Lipinski definition) is 2. The standard InChI is InChI=1S/C22H35N3O3.HI/c1-3-23-21(25-17-22(11-14-26-2)9-4-5-10-22)24-16-18-7-8-19-20(15-18)28-13-6-12-27-19;/h7-8,15H,3-6,9-14,16-17H2,1-2H3,(H2,23,24,25);1H. The zero-order chi connectivity index (χ0) is 19.7. The van der Waals surface area contributed by atoms with Crippen molar-refractivity contribution < 1.29 is 14.2 Å². The van der Waals surface area contributed by atoms with E-state index in [-0.39, 0.29) is 24.0 Å². The number of halogens is 1. The van der Waals surface area contributed by atoms with Crippen LogP contribution in [-0.4, -0.2) is 46.0 Å². The lowest BCUT2D eigenvalue weighted by molar-refractivity contribution is 0.138. The molecule has 164 valence electrons. The molecule has 0 bridgehead atoms. The van der Waals surface area contributed by atoms with Gasteiger partial charge in [-0.3, -0.25) is 0 Å². The van der Waals surface area contributed by atoms with E-state index in [4.69, 9.17) is 19.2 Å². The average Bonchev–Trinajstić information content (AvgIpc) is 3.06. The second kappa shape index (κ2) is 12.5. The summed E-state index contributed by atoms with van der Waals surface area (Å²) in [5.74, 6) is 2.53. The third-order valence-corrected chi connectivity index (χ3v) is 5.71. The molecule has 1 aromatic carbocycles. The van der Waals surface area contributed by atoms with E-state index in [1.807, 2.05) is 12.1 Å². The number of benzene rings is 1. The SMILES string of the molecule is CCNC(=NCc1ccc2c(c1)OCCCO2)NCC1(CCOC)CCCC1.I. The first kappa shape index (κ1) is 24.1. The first-order chi connectivity index (χ1) is 13.7. The van der Waals surface area contributed by atoms with E-state index in [2.05, 4.69) is 23.6 Å². The number of methoxy groups -OCH3 is 1. The zero-order valence-corrected chi connectivity index (χ0v) is 20.1. The van der Waals surface area contributed by atoms with Crippen molar-refractivity contribution in [1.29, 1.82) is 0 Å². The van der Waals surface area contributed by atoms with Crippen molar-refractivity contribution in [2.75, 3.05) is 40.0 Å². The second-order valence-electron chi connectivity index (χ2n) is 7.83. The van der Waals surface area contributed by atoms with Crippen LogP contribution in [0.1, 0.15) is 51.0 Å². The van der Waals surface area contributed by atoms with Crippen LogP contribution < -0.4 is 20.1 Å². The lowest BCUT2D eigenvalue weighted by atomic mass is 9.83. The molecule has 1 saturated carbocycles. The number of aliphatic imine (C=N–C) groups is 1. The smallest absolute Gasteiger partial charge is 0.191 e. The predicted molar refractivity (Wildman–Crippen MR) is 128 cm³/mol. The molecule has 0 aromatic heterocycles. The third kappa shape index (κ3) is 7.20. The molecule has 1 aliphatic carbocycles. The van der Waals surface area contributed by atoms with E-state index in [0.29, 0.717) is 25.2 Å². The fourth-order valence-corrected chi connectivity index (χ4v) is 4.05. The first-order valence-electron chi connectivity index (χ1n) is 10.6. The number of hydrogen-bond acceptors (Lipinski definition) is 4. The molecule has 29 heavy (non-hydrogen) atoms. The fraction of sp³-hybridized carbons (Fsp3) is 0.682. The molecule has 0 saturated heterocycles. The van der Waals surface area contributed by atoms with Gasteiger partial charge in [0.05, 0.1) is 19.8 Å².